The molecule has 2 aliphatic rings. The van der Waals surface area contributed by atoms with Crippen LogP contribution in [-0.2, 0) is 22.5 Å². The fraction of sp³-hybridized carbons (Fsp3) is 0.733. The Morgan fingerprint density at radius 1 is 1.55 bits per heavy atom. The highest BCUT2D eigenvalue weighted by molar-refractivity contribution is 5.78. The van der Waals surface area contributed by atoms with Gasteiger partial charge < -0.3 is 14.2 Å². The third kappa shape index (κ3) is 2.87. The van der Waals surface area contributed by atoms with Crippen LogP contribution in [0, 0.1) is 11.8 Å². The topological polar surface area (TPSA) is 47.4 Å². The van der Waals surface area contributed by atoms with Crippen LogP contribution in [0.3, 0.4) is 0 Å². The zero-order valence-corrected chi connectivity index (χ0v) is 12.1. The highest BCUT2D eigenvalue weighted by atomic mass is 16.5. The second-order valence-corrected chi connectivity index (χ2v) is 6.03. The van der Waals surface area contributed by atoms with E-state index in [0.717, 1.165) is 51.2 Å². The third-order valence-electron chi connectivity index (χ3n) is 4.47. The van der Waals surface area contributed by atoms with Crippen LogP contribution in [0.5, 0.6) is 0 Å². The number of amides is 1. The molecule has 1 fully saturated rings. The van der Waals surface area contributed by atoms with Crippen molar-refractivity contribution >= 4 is 5.91 Å². The first-order valence-electron chi connectivity index (χ1n) is 7.57. The molecule has 20 heavy (non-hydrogen) atoms. The van der Waals surface area contributed by atoms with Crippen molar-refractivity contribution in [1.82, 2.24) is 14.5 Å². The van der Waals surface area contributed by atoms with Gasteiger partial charge in [-0.1, -0.05) is 0 Å². The summed E-state index contributed by atoms with van der Waals surface area (Å²) in [6.07, 6.45) is 7.99. The van der Waals surface area contributed by atoms with Crippen molar-refractivity contribution in [1.29, 1.82) is 0 Å². The lowest BCUT2D eigenvalue weighted by Gasteiger charge is -2.31. The van der Waals surface area contributed by atoms with Gasteiger partial charge in [0.15, 0.2) is 0 Å². The van der Waals surface area contributed by atoms with Crippen molar-refractivity contribution in [2.24, 2.45) is 11.8 Å². The molecule has 5 heteroatoms. The maximum Gasteiger partial charge on any atom is 0.227 e. The Hall–Kier alpha value is -1.36. The van der Waals surface area contributed by atoms with Crippen molar-refractivity contribution in [2.45, 2.75) is 32.2 Å². The van der Waals surface area contributed by atoms with E-state index in [-0.39, 0.29) is 11.8 Å². The van der Waals surface area contributed by atoms with Gasteiger partial charge in [-0.25, -0.2) is 4.98 Å². The molecule has 0 unspecified atom stereocenters. The summed E-state index contributed by atoms with van der Waals surface area (Å²) in [5.41, 5.74) is 0. The van der Waals surface area contributed by atoms with Crippen LogP contribution >= 0.6 is 0 Å². The average molecular weight is 277 g/mol. The van der Waals surface area contributed by atoms with E-state index in [0.29, 0.717) is 12.5 Å². The fourth-order valence-corrected chi connectivity index (χ4v) is 3.30. The Bertz CT molecular complexity index is 465. The first-order valence-corrected chi connectivity index (χ1v) is 7.57. The molecule has 2 aliphatic heterocycles. The Kier molecular flexibility index (Phi) is 4.05. The van der Waals surface area contributed by atoms with Crippen molar-refractivity contribution in [3.8, 4) is 0 Å². The number of aryl methyl sites for hydroxylation is 1. The summed E-state index contributed by atoms with van der Waals surface area (Å²) in [5.74, 6) is 2.00. The van der Waals surface area contributed by atoms with Crippen LogP contribution in [0.25, 0.3) is 0 Å². The van der Waals surface area contributed by atoms with Gasteiger partial charge in [0.25, 0.3) is 0 Å². The molecule has 0 aliphatic carbocycles. The predicted octanol–water partition coefficient (Wildman–Crippen LogP) is 1.33. The lowest BCUT2D eigenvalue weighted by molar-refractivity contribution is -0.139. The van der Waals surface area contributed by atoms with Crippen molar-refractivity contribution in [2.75, 3.05) is 26.8 Å². The quantitative estimate of drug-likeness (QED) is 0.837. The molecule has 0 N–H and O–H groups in total. The molecule has 2 atom stereocenters. The largest absolute Gasteiger partial charge is 0.381 e. The molecule has 110 valence electrons. The van der Waals surface area contributed by atoms with Crippen LogP contribution in [0.1, 0.15) is 25.1 Å². The summed E-state index contributed by atoms with van der Waals surface area (Å²) >= 11 is 0. The van der Waals surface area contributed by atoms with E-state index >= 15 is 0 Å². The molecule has 0 radical (unpaired) electrons. The zero-order chi connectivity index (χ0) is 13.9. The SMILES string of the molecule is CN(C[C@@H]1CCn2ccnc2C1)C(=O)[C@H]1CCCOC1. The minimum absolute atomic E-state index is 0.0688. The standard InChI is InChI=1S/C15H23N3O2/c1-17(15(19)13-3-2-8-20-11-13)10-12-4-6-18-7-5-16-14(18)9-12/h5,7,12-13H,2-4,6,8-11H2,1H3/t12-,13+/m1/s1. The maximum absolute atomic E-state index is 12.4. The summed E-state index contributed by atoms with van der Waals surface area (Å²) in [5, 5.41) is 0. The van der Waals surface area contributed by atoms with E-state index in [4.69, 9.17) is 4.74 Å². The number of fused-ring (bicyclic) bond motifs is 1. The lowest BCUT2D eigenvalue weighted by Crippen LogP contribution is -2.40. The molecule has 0 aromatic carbocycles. The van der Waals surface area contributed by atoms with Crippen LogP contribution in [-0.4, -0.2) is 47.2 Å². The summed E-state index contributed by atoms with van der Waals surface area (Å²) in [6.45, 7) is 3.26. The van der Waals surface area contributed by atoms with Crippen LogP contribution in [0.15, 0.2) is 12.4 Å². The first kappa shape index (κ1) is 13.6. The van der Waals surface area contributed by atoms with Gasteiger partial charge in [0, 0.05) is 45.6 Å². The average Bonchev–Trinajstić information content (AvgIpc) is 2.95. The van der Waals surface area contributed by atoms with Crippen LogP contribution in [0.4, 0.5) is 0 Å². The van der Waals surface area contributed by atoms with Crippen LogP contribution in [0.2, 0.25) is 0 Å². The van der Waals surface area contributed by atoms with E-state index in [1.165, 1.54) is 0 Å². The molecule has 1 amide bonds. The molecule has 3 rings (SSSR count). The van der Waals surface area contributed by atoms with Crippen molar-refractivity contribution < 1.29 is 9.53 Å². The number of carbonyl (C=O) groups is 1. The molecule has 0 bridgehead atoms. The summed E-state index contributed by atoms with van der Waals surface area (Å²) in [7, 11) is 1.93. The van der Waals surface area contributed by atoms with Crippen molar-refractivity contribution in [3.05, 3.63) is 18.2 Å². The Labute approximate surface area is 119 Å². The number of hydrogen-bond donors (Lipinski definition) is 0. The van der Waals surface area contributed by atoms with Gasteiger partial charge in [0.1, 0.15) is 5.82 Å². The number of rotatable bonds is 3. The second-order valence-electron chi connectivity index (χ2n) is 6.03. The Morgan fingerprint density at radius 2 is 2.45 bits per heavy atom. The number of hydrogen-bond acceptors (Lipinski definition) is 3. The van der Waals surface area contributed by atoms with E-state index < -0.39 is 0 Å². The number of carbonyl (C=O) groups excluding carboxylic acids is 1. The van der Waals surface area contributed by atoms with E-state index in [1.807, 2.05) is 24.3 Å². The van der Waals surface area contributed by atoms with Gasteiger partial charge in [-0.05, 0) is 25.2 Å². The smallest absolute Gasteiger partial charge is 0.227 e. The Morgan fingerprint density at radius 3 is 3.25 bits per heavy atom. The lowest BCUT2D eigenvalue weighted by atomic mass is 9.95. The van der Waals surface area contributed by atoms with Gasteiger partial charge in [-0.15, -0.1) is 0 Å². The number of aromatic nitrogens is 2. The molecule has 0 saturated carbocycles. The van der Waals surface area contributed by atoms with E-state index in [2.05, 4.69) is 9.55 Å². The molecule has 3 heterocycles. The molecular weight excluding hydrogens is 254 g/mol. The van der Waals surface area contributed by atoms with Crippen molar-refractivity contribution in [3.63, 3.8) is 0 Å². The molecule has 1 aromatic heterocycles. The number of ether oxygens (including phenoxy) is 1. The molecule has 1 aromatic rings. The third-order valence-corrected chi connectivity index (χ3v) is 4.47. The van der Waals surface area contributed by atoms with Gasteiger partial charge in [-0.2, -0.15) is 0 Å². The van der Waals surface area contributed by atoms with E-state index in [1.54, 1.807) is 0 Å². The van der Waals surface area contributed by atoms with Gasteiger partial charge in [0.05, 0.1) is 12.5 Å². The summed E-state index contributed by atoms with van der Waals surface area (Å²) in [6, 6.07) is 0. The molecular formula is C15H23N3O2. The molecule has 0 spiro atoms. The number of nitrogens with zero attached hydrogens (tertiary/aromatic N) is 3. The normalized spacial score (nSPS) is 26.1. The fourth-order valence-electron chi connectivity index (χ4n) is 3.30. The summed E-state index contributed by atoms with van der Waals surface area (Å²) in [4.78, 5) is 18.7. The predicted molar refractivity (Wildman–Crippen MR) is 75.2 cm³/mol. The minimum Gasteiger partial charge on any atom is -0.381 e. The van der Waals surface area contributed by atoms with Crippen LogP contribution < -0.4 is 0 Å². The number of imidazole rings is 1. The minimum atomic E-state index is 0.0688. The maximum atomic E-state index is 12.4. The van der Waals surface area contributed by atoms with E-state index in [9.17, 15) is 4.79 Å². The van der Waals surface area contributed by atoms with Gasteiger partial charge in [-0.3, -0.25) is 4.79 Å². The summed E-state index contributed by atoms with van der Waals surface area (Å²) < 4.78 is 7.63. The highest BCUT2D eigenvalue weighted by Gasteiger charge is 2.27. The second kappa shape index (κ2) is 5.95. The highest BCUT2D eigenvalue weighted by Crippen LogP contribution is 2.21. The monoisotopic (exact) mass is 277 g/mol. The molecule has 1 saturated heterocycles. The van der Waals surface area contributed by atoms with Gasteiger partial charge in [0.2, 0.25) is 5.91 Å². The molecule has 5 nitrogen and oxygen atoms in total. The Balaban J connectivity index is 1.54. The zero-order valence-electron chi connectivity index (χ0n) is 12.1. The first-order chi connectivity index (χ1) is 9.74. The van der Waals surface area contributed by atoms with Gasteiger partial charge >= 0.3 is 0 Å².